The molecule has 6 nitrogen and oxygen atoms in total. The highest BCUT2D eigenvalue weighted by molar-refractivity contribution is 5.03. The van der Waals surface area contributed by atoms with Gasteiger partial charge in [-0.25, -0.2) is 4.79 Å². The van der Waals surface area contributed by atoms with Gasteiger partial charge in [-0.05, 0) is 25.7 Å². The highest BCUT2D eigenvalue weighted by Gasteiger charge is 2.32. The molecule has 0 bridgehead atoms. The Bertz CT molecular complexity index is 519. The van der Waals surface area contributed by atoms with Crippen LogP contribution < -0.4 is 17.0 Å². The quantitative estimate of drug-likeness (QED) is 0.623. The predicted molar refractivity (Wildman–Crippen MR) is 62.9 cm³/mol. The number of rotatable bonds is 2. The molecular formula is C11H17N3O3. The molecule has 4 N–H and O–H groups in total. The second-order valence-electron chi connectivity index (χ2n) is 4.71. The third-order valence-corrected chi connectivity index (χ3v) is 3.50. The fourth-order valence-electron chi connectivity index (χ4n) is 2.42. The summed E-state index contributed by atoms with van der Waals surface area (Å²) in [5.41, 5.74) is 5.63. The van der Waals surface area contributed by atoms with Crippen molar-refractivity contribution in [2.75, 3.05) is 6.61 Å². The smallest absolute Gasteiger partial charge is 0.328 e. The SMILES string of the molecule is Cc1cn([C@@H]2C[C@H](CO)[C@H](N)C2)c(=O)[nH]c1=O. The molecule has 0 unspecified atom stereocenters. The zero-order valence-corrected chi connectivity index (χ0v) is 9.72. The molecule has 6 heteroatoms. The number of nitrogens with one attached hydrogen (secondary N) is 1. The van der Waals surface area contributed by atoms with E-state index in [0.717, 1.165) is 0 Å². The van der Waals surface area contributed by atoms with Gasteiger partial charge in [0.15, 0.2) is 0 Å². The topological polar surface area (TPSA) is 101 Å². The summed E-state index contributed by atoms with van der Waals surface area (Å²) in [5, 5.41) is 9.14. The monoisotopic (exact) mass is 239 g/mol. The Kier molecular flexibility index (Phi) is 3.17. The normalized spacial score (nSPS) is 28.5. The van der Waals surface area contributed by atoms with Crippen molar-refractivity contribution in [2.45, 2.75) is 31.8 Å². The summed E-state index contributed by atoms with van der Waals surface area (Å²) in [5.74, 6) is 0.0270. The summed E-state index contributed by atoms with van der Waals surface area (Å²) < 4.78 is 1.52. The van der Waals surface area contributed by atoms with Crippen molar-refractivity contribution in [3.63, 3.8) is 0 Å². The second-order valence-corrected chi connectivity index (χ2v) is 4.71. The molecule has 1 saturated carbocycles. The fraction of sp³-hybridized carbons (Fsp3) is 0.636. The molecule has 1 aliphatic carbocycles. The first-order valence-electron chi connectivity index (χ1n) is 5.71. The van der Waals surface area contributed by atoms with Gasteiger partial charge in [0.2, 0.25) is 0 Å². The van der Waals surface area contributed by atoms with E-state index in [4.69, 9.17) is 10.8 Å². The van der Waals surface area contributed by atoms with Crippen LogP contribution in [0, 0.1) is 12.8 Å². The van der Waals surface area contributed by atoms with Gasteiger partial charge in [0.25, 0.3) is 5.56 Å². The average Bonchev–Trinajstić information content (AvgIpc) is 2.65. The molecule has 1 fully saturated rings. The van der Waals surface area contributed by atoms with Crippen molar-refractivity contribution in [1.82, 2.24) is 9.55 Å². The number of nitrogens with zero attached hydrogens (tertiary/aromatic N) is 1. The summed E-state index contributed by atoms with van der Waals surface area (Å²) in [6, 6.07) is -0.130. The van der Waals surface area contributed by atoms with Crippen LogP contribution in [0.25, 0.3) is 0 Å². The summed E-state index contributed by atoms with van der Waals surface area (Å²) in [6.07, 6.45) is 2.89. The van der Waals surface area contributed by atoms with Crippen LogP contribution in [-0.2, 0) is 0 Å². The van der Waals surface area contributed by atoms with Crippen LogP contribution >= 0.6 is 0 Å². The van der Waals surface area contributed by atoms with E-state index in [2.05, 4.69) is 4.98 Å². The first-order valence-corrected chi connectivity index (χ1v) is 5.71. The molecule has 0 saturated heterocycles. The van der Waals surface area contributed by atoms with Crippen LogP contribution in [0.5, 0.6) is 0 Å². The lowest BCUT2D eigenvalue weighted by Gasteiger charge is -2.13. The minimum absolute atomic E-state index is 0.0270. The molecular weight excluding hydrogens is 222 g/mol. The van der Waals surface area contributed by atoms with Gasteiger partial charge in [-0.1, -0.05) is 0 Å². The molecule has 0 spiro atoms. The molecule has 1 aliphatic rings. The number of nitrogens with two attached hydrogens (primary N) is 1. The molecule has 0 aliphatic heterocycles. The Morgan fingerprint density at radius 1 is 1.53 bits per heavy atom. The number of hydrogen-bond acceptors (Lipinski definition) is 4. The lowest BCUT2D eigenvalue weighted by molar-refractivity contribution is 0.215. The van der Waals surface area contributed by atoms with Crippen LogP contribution in [-0.4, -0.2) is 27.3 Å². The fourth-order valence-corrected chi connectivity index (χ4v) is 2.42. The van der Waals surface area contributed by atoms with Crippen molar-refractivity contribution in [3.05, 3.63) is 32.6 Å². The number of aromatic nitrogens is 2. The molecule has 1 heterocycles. The van der Waals surface area contributed by atoms with Crippen molar-refractivity contribution in [1.29, 1.82) is 0 Å². The van der Waals surface area contributed by atoms with Crippen molar-refractivity contribution >= 4 is 0 Å². The van der Waals surface area contributed by atoms with E-state index in [9.17, 15) is 9.59 Å². The Balaban J connectivity index is 2.34. The summed E-state index contributed by atoms with van der Waals surface area (Å²) in [4.78, 5) is 25.2. The Labute approximate surface area is 98.1 Å². The number of H-pyrrole nitrogens is 1. The molecule has 1 aromatic heterocycles. The average molecular weight is 239 g/mol. The van der Waals surface area contributed by atoms with Crippen LogP contribution in [0.4, 0.5) is 0 Å². The molecule has 0 radical (unpaired) electrons. The Hall–Kier alpha value is -1.40. The highest BCUT2D eigenvalue weighted by atomic mass is 16.3. The summed E-state index contributed by atoms with van der Waals surface area (Å²) in [7, 11) is 0. The Morgan fingerprint density at radius 3 is 2.82 bits per heavy atom. The molecule has 1 aromatic rings. The molecule has 2 rings (SSSR count). The number of aryl methyl sites for hydroxylation is 1. The van der Waals surface area contributed by atoms with Crippen LogP contribution in [0.1, 0.15) is 24.4 Å². The van der Waals surface area contributed by atoms with Gasteiger partial charge in [-0.3, -0.25) is 14.3 Å². The van der Waals surface area contributed by atoms with E-state index in [0.29, 0.717) is 18.4 Å². The van der Waals surface area contributed by atoms with E-state index < -0.39 is 5.69 Å². The molecule has 94 valence electrons. The van der Waals surface area contributed by atoms with Crippen LogP contribution in [0.2, 0.25) is 0 Å². The molecule has 0 aromatic carbocycles. The molecule has 0 amide bonds. The minimum atomic E-state index is -0.406. The standard InChI is InChI=1S/C11H17N3O3/c1-6-4-14(11(17)13-10(6)16)8-2-7(5-15)9(12)3-8/h4,7-9,15H,2-3,5,12H2,1H3,(H,13,16,17)/t7-,8-,9-/m1/s1. The van der Waals surface area contributed by atoms with Crippen molar-refractivity contribution in [3.8, 4) is 0 Å². The maximum atomic E-state index is 11.7. The van der Waals surface area contributed by atoms with Crippen molar-refractivity contribution in [2.24, 2.45) is 11.7 Å². The first kappa shape index (κ1) is 12.1. The van der Waals surface area contributed by atoms with Gasteiger partial charge in [0, 0.05) is 30.5 Å². The third kappa shape index (κ3) is 2.18. The van der Waals surface area contributed by atoms with Gasteiger partial charge in [-0.2, -0.15) is 0 Å². The van der Waals surface area contributed by atoms with Gasteiger partial charge in [0.1, 0.15) is 0 Å². The van der Waals surface area contributed by atoms with Gasteiger partial charge < -0.3 is 10.8 Å². The van der Waals surface area contributed by atoms with E-state index in [1.807, 2.05) is 0 Å². The lowest BCUT2D eigenvalue weighted by atomic mass is 10.1. The van der Waals surface area contributed by atoms with Crippen molar-refractivity contribution < 1.29 is 5.11 Å². The zero-order chi connectivity index (χ0) is 12.6. The van der Waals surface area contributed by atoms with E-state index in [1.54, 1.807) is 13.1 Å². The minimum Gasteiger partial charge on any atom is -0.396 e. The maximum absolute atomic E-state index is 11.7. The van der Waals surface area contributed by atoms with E-state index >= 15 is 0 Å². The lowest BCUT2D eigenvalue weighted by Crippen LogP contribution is -2.33. The van der Waals surface area contributed by atoms with Crippen LogP contribution in [0.15, 0.2) is 15.8 Å². The summed E-state index contributed by atoms with van der Waals surface area (Å²) >= 11 is 0. The number of aliphatic hydroxyl groups excluding tert-OH is 1. The predicted octanol–water partition coefficient (Wildman–Crippen LogP) is -0.884. The first-order chi connectivity index (χ1) is 8.02. The van der Waals surface area contributed by atoms with Crippen LogP contribution in [0.3, 0.4) is 0 Å². The van der Waals surface area contributed by atoms with Gasteiger partial charge >= 0.3 is 5.69 Å². The van der Waals surface area contributed by atoms with E-state index in [-0.39, 0.29) is 30.2 Å². The number of aliphatic hydroxyl groups is 1. The third-order valence-electron chi connectivity index (χ3n) is 3.50. The largest absolute Gasteiger partial charge is 0.396 e. The number of hydrogen-bond donors (Lipinski definition) is 3. The molecule has 17 heavy (non-hydrogen) atoms. The maximum Gasteiger partial charge on any atom is 0.328 e. The summed E-state index contributed by atoms with van der Waals surface area (Å²) in [6.45, 7) is 1.70. The van der Waals surface area contributed by atoms with E-state index in [1.165, 1.54) is 4.57 Å². The second kappa shape index (κ2) is 4.46. The molecule has 3 atom stereocenters. The zero-order valence-electron chi connectivity index (χ0n) is 9.72. The van der Waals surface area contributed by atoms with Gasteiger partial charge in [0.05, 0.1) is 0 Å². The Morgan fingerprint density at radius 2 is 2.24 bits per heavy atom. The van der Waals surface area contributed by atoms with Gasteiger partial charge in [-0.15, -0.1) is 0 Å². The highest BCUT2D eigenvalue weighted by Crippen LogP contribution is 2.32. The number of aromatic amines is 1.